The van der Waals surface area contributed by atoms with Crippen LogP contribution in [0.4, 0.5) is 8.78 Å². The van der Waals surface area contributed by atoms with Gasteiger partial charge >= 0.3 is 5.97 Å². The number of benzene rings is 2. The van der Waals surface area contributed by atoms with Gasteiger partial charge in [0.05, 0.1) is 18.8 Å². The molecule has 46 heavy (non-hydrogen) atoms. The van der Waals surface area contributed by atoms with Crippen LogP contribution in [0.25, 0.3) is 0 Å². The quantitative estimate of drug-likeness (QED) is 0.159. The Morgan fingerprint density at radius 1 is 0.804 bits per heavy atom. The van der Waals surface area contributed by atoms with Crippen LogP contribution in [0.5, 0.6) is 0 Å². The van der Waals surface area contributed by atoms with Crippen molar-refractivity contribution in [1.82, 2.24) is 4.31 Å². The highest BCUT2D eigenvalue weighted by molar-refractivity contribution is 9.10. The van der Waals surface area contributed by atoms with Crippen LogP contribution in [0, 0.1) is 23.5 Å². The molecule has 5 nitrogen and oxygen atoms in total. The van der Waals surface area contributed by atoms with Crippen LogP contribution < -0.4 is 0 Å². The lowest BCUT2D eigenvalue weighted by molar-refractivity contribution is -0.139. The van der Waals surface area contributed by atoms with E-state index in [4.69, 9.17) is 14.2 Å². The molecular formula is C36H37Br2F2NO4S. The first-order valence-corrected chi connectivity index (χ1v) is 18.2. The number of esters is 1. The van der Waals surface area contributed by atoms with Crippen molar-refractivity contribution in [3.8, 4) is 0 Å². The third-order valence-corrected chi connectivity index (χ3v) is 11.1. The molecule has 0 saturated heterocycles. The van der Waals surface area contributed by atoms with E-state index in [0.717, 1.165) is 10.6 Å². The number of hydrogen-bond acceptors (Lipinski definition) is 5. The van der Waals surface area contributed by atoms with Crippen LogP contribution in [0.15, 0.2) is 104 Å². The summed E-state index contributed by atoms with van der Waals surface area (Å²) < 4.78 is 51.7. The average molecular weight is 778 g/mol. The van der Waals surface area contributed by atoms with E-state index in [-0.39, 0.29) is 42.3 Å². The summed E-state index contributed by atoms with van der Waals surface area (Å²) in [6.45, 7) is 6.82. The molecule has 2 aromatic rings. The standard InChI is InChI=1S/C36H37Br2F2NO4S/c1-4-43-33-10-7-9-31(27(33)19-23-13-15-25(37)21-29(23)39)41-32(36(42)45-6-3)17-18-46(41)35-12-8-11-34(44-5-2)28(35)20-24-14-16-26(38)22-30(24)40/h7-18,21-22,27-28,33-34H,4-6,19-20H2,1-3H3. The van der Waals surface area contributed by atoms with Gasteiger partial charge in [-0.05, 0) is 86.5 Å². The maximum atomic E-state index is 15.3. The predicted octanol–water partition coefficient (Wildman–Crippen LogP) is 8.97. The molecule has 0 bridgehead atoms. The Bertz CT molecular complexity index is 1650. The van der Waals surface area contributed by atoms with E-state index in [1.165, 1.54) is 12.1 Å². The van der Waals surface area contributed by atoms with Crippen LogP contribution in [0.1, 0.15) is 31.9 Å². The molecule has 10 heteroatoms. The largest absolute Gasteiger partial charge is 0.461 e. The van der Waals surface area contributed by atoms with Crippen molar-refractivity contribution in [2.24, 2.45) is 11.8 Å². The average Bonchev–Trinajstić information content (AvgIpc) is 3.46. The normalized spacial score (nSPS) is 23.9. The SMILES string of the molecule is CCOC(=O)C1=CC=S(C2=CC=CC(OCC)C2Cc2ccc(Br)cc2F)N1C1=CC=CC(OCC)C1Cc1ccc(Br)cc1F. The Hall–Kier alpha value is -2.63. The zero-order valence-electron chi connectivity index (χ0n) is 25.9. The van der Waals surface area contributed by atoms with Crippen LogP contribution in [0.3, 0.4) is 0 Å². The second-order valence-corrected chi connectivity index (χ2v) is 14.4. The number of carbonyl (C=O) groups excluding carboxylic acids is 1. The monoisotopic (exact) mass is 775 g/mol. The minimum absolute atomic E-state index is 0.217. The van der Waals surface area contributed by atoms with Gasteiger partial charge in [-0.25, -0.2) is 13.6 Å². The summed E-state index contributed by atoms with van der Waals surface area (Å²) in [6, 6.07) is 10.2. The molecule has 2 aromatic carbocycles. The van der Waals surface area contributed by atoms with E-state index in [0.29, 0.717) is 51.8 Å². The van der Waals surface area contributed by atoms with Crippen molar-refractivity contribution in [3.05, 3.63) is 127 Å². The molecule has 0 aromatic heterocycles. The zero-order valence-corrected chi connectivity index (χ0v) is 29.9. The highest BCUT2D eigenvalue weighted by Gasteiger charge is 2.40. The van der Waals surface area contributed by atoms with E-state index in [1.54, 1.807) is 25.1 Å². The third-order valence-electron chi connectivity index (χ3n) is 8.03. The van der Waals surface area contributed by atoms with Crippen LogP contribution in [-0.4, -0.2) is 47.7 Å². The zero-order chi connectivity index (χ0) is 32.8. The first-order valence-electron chi connectivity index (χ1n) is 15.4. The predicted molar refractivity (Wildman–Crippen MR) is 188 cm³/mol. The molecule has 244 valence electrons. The number of halogens is 4. The lowest BCUT2D eigenvalue weighted by atomic mass is 9.87. The second-order valence-electron chi connectivity index (χ2n) is 10.9. The summed E-state index contributed by atoms with van der Waals surface area (Å²) in [7, 11) is -0.795. The maximum Gasteiger partial charge on any atom is 0.355 e. The van der Waals surface area contributed by atoms with Crippen LogP contribution in [-0.2, 0) is 31.8 Å². The first kappa shape index (κ1) is 34.7. The summed E-state index contributed by atoms with van der Waals surface area (Å²) >= 11 is 6.73. The molecular weight excluding hydrogens is 740 g/mol. The first-order chi connectivity index (χ1) is 22.2. The van der Waals surface area contributed by atoms with Crippen molar-refractivity contribution in [3.63, 3.8) is 0 Å². The van der Waals surface area contributed by atoms with Gasteiger partial charge in [-0.1, -0.05) is 85.0 Å². The molecule has 2 aliphatic carbocycles. The molecule has 1 heterocycles. The van der Waals surface area contributed by atoms with Gasteiger partial charge in [-0.15, -0.1) is 0 Å². The Morgan fingerprint density at radius 3 is 1.93 bits per heavy atom. The summed E-state index contributed by atoms with van der Waals surface area (Å²) in [5.74, 6) is -1.60. The summed E-state index contributed by atoms with van der Waals surface area (Å²) in [5.41, 5.74) is 2.33. The Kier molecular flexibility index (Phi) is 12.1. The molecule has 1 aliphatic heterocycles. The van der Waals surface area contributed by atoms with Gasteiger partial charge in [0, 0.05) is 44.6 Å². The molecule has 5 atom stereocenters. The van der Waals surface area contributed by atoms with E-state index in [9.17, 15) is 4.79 Å². The number of nitrogens with zero attached hydrogens (tertiary/aromatic N) is 1. The number of carbonyl (C=O) groups is 1. The van der Waals surface area contributed by atoms with Gasteiger partial charge < -0.3 is 14.2 Å². The fourth-order valence-electron chi connectivity index (χ4n) is 5.98. The number of rotatable bonds is 12. The van der Waals surface area contributed by atoms with Gasteiger partial charge in [-0.2, -0.15) is 0 Å². The van der Waals surface area contributed by atoms with Crippen molar-refractivity contribution in [2.75, 3.05) is 19.8 Å². The molecule has 5 rings (SSSR count). The molecule has 0 N–H and O–H groups in total. The topological polar surface area (TPSA) is 48.0 Å². The molecule has 0 saturated carbocycles. The molecule has 0 radical (unpaired) electrons. The van der Waals surface area contributed by atoms with Gasteiger partial charge in [-0.3, -0.25) is 4.31 Å². The molecule has 0 spiro atoms. The number of hydrogen-bond donors (Lipinski definition) is 0. The van der Waals surface area contributed by atoms with Crippen molar-refractivity contribution >= 4 is 53.9 Å². The van der Waals surface area contributed by atoms with E-state index < -0.39 is 16.6 Å². The molecule has 3 aliphatic rings. The minimum Gasteiger partial charge on any atom is -0.461 e. The van der Waals surface area contributed by atoms with Crippen LogP contribution >= 0.6 is 42.5 Å². The minimum atomic E-state index is -0.795. The third kappa shape index (κ3) is 7.73. The van der Waals surface area contributed by atoms with Gasteiger partial charge in [0.1, 0.15) is 17.3 Å². The van der Waals surface area contributed by atoms with Crippen molar-refractivity contribution in [1.29, 1.82) is 0 Å². The second kappa shape index (κ2) is 16.0. The van der Waals surface area contributed by atoms with E-state index >= 15 is 8.78 Å². The Labute approximate surface area is 289 Å². The summed E-state index contributed by atoms with van der Waals surface area (Å²) in [4.78, 5) is 14.5. The fourth-order valence-corrected chi connectivity index (χ4v) is 8.91. The van der Waals surface area contributed by atoms with E-state index in [1.807, 2.05) is 72.1 Å². The smallest absolute Gasteiger partial charge is 0.355 e. The van der Waals surface area contributed by atoms with Crippen LogP contribution in [0.2, 0.25) is 0 Å². The van der Waals surface area contributed by atoms with Crippen molar-refractivity contribution < 1.29 is 27.8 Å². The van der Waals surface area contributed by atoms with Gasteiger partial charge in [0.2, 0.25) is 0 Å². The molecule has 0 amide bonds. The lowest BCUT2D eigenvalue weighted by Gasteiger charge is -2.40. The lowest BCUT2D eigenvalue weighted by Crippen LogP contribution is -2.36. The Balaban J connectivity index is 1.59. The van der Waals surface area contributed by atoms with Gasteiger partial charge in [0.15, 0.2) is 0 Å². The fraction of sp³-hybridized carbons (Fsp3) is 0.333. The molecule has 0 fully saturated rings. The highest BCUT2D eigenvalue weighted by atomic mass is 79.9. The number of ether oxygens (including phenoxy) is 3. The Morgan fingerprint density at radius 2 is 1.37 bits per heavy atom. The van der Waals surface area contributed by atoms with Gasteiger partial charge in [0.25, 0.3) is 0 Å². The number of allylic oxidation sites excluding steroid dienone is 5. The summed E-state index contributed by atoms with van der Waals surface area (Å²) in [5, 5.41) is 2.01. The summed E-state index contributed by atoms with van der Waals surface area (Å²) in [6.07, 6.45) is 13.8. The van der Waals surface area contributed by atoms with Crippen molar-refractivity contribution in [2.45, 2.75) is 45.8 Å². The highest BCUT2D eigenvalue weighted by Crippen LogP contribution is 2.50. The van der Waals surface area contributed by atoms with E-state index in [2.05, 4.69) is 31.9 Å². The maximum absolute atomic E-state index is 15.3. The molecule has 5 unspecified atom stereocenters.